The minimum Gasteiger partial charge on any atom is -0.382 e. The molecular weight excluding hydrogens is 141 g/mol. The summed E-state index contributed by atoms with van der Waals surface area (Å²) in [7, 11) is 5.45. The van der Waals surface area contributed by atoms with Gasteiger partial charge in [0.2, 0.25) is 0 Å². The molecule has 2 heterocycles. The van der Waals surface area contributed by atoms with Gasteiger partial charge in [0.1, 0.15) is 11.8 Å². The fraction of sp³-hybridized carbons (Fsp3) is 0. The molecule has 2 rings (SSSR count). The smallest absolute Gasteiger partial charge is 0.170 e. The van der Waals surface area contributed by atoms with E-state index in [0.29, 0.717) is 17.1 Å². The second-order valence-electron chi connectivity index (χ2n) is 2.06. The minimum atomic E-state index is 0.314. The Bertz CT molecular complexity index is 395. The largest absolute Gasteiger partial charge is 0.382 e. The zero-order valence-electron chi connectivity index (χ0n) is 5.60. The van der Waals surface area contributed by atoms with E-state index in [1.807, 2.05) is 0 Å². The van der Waals surface area contributed by atoms with E-state index < -0.39 is 0 Å². The molecule has 0 aromatic carbocycles. The first-order valence-corrected chi connectivity index (χ1v) is 2.99. The van der Waals surface area contributed by atoms with Crippen molar-refractivity contribution in [2.24, 2.45) is 0 Å². The van der Waals surface area contributed by atoms with Crippen LogP contribution >= 0.6 is 0 Å². The first kappa shape index (κ1) is 6.15. The van der Waals surface area contributed by atoms with E-state index in [1.54, 1.807) is 0 Å². The van der Waals surface area contributed by atoms with E-state index in [4.69, 9.17) is 13.6 Å². The maximum absolute atomic E-state index is 5.50. The Morgan fingerprint density at radius 3 is 3.00 bits per heavy atom. The summed E-state index contributed by atoms with van der Waals surface area (Å²) in [4.78, 5) is 7.59. The number of nitrogen functional groups attached to an aromatic ring is 1. The van der Waals surface area contributed by atoms with E-state index >= 15 is 0 Å². The molecule has 6 heteroatoms. The van der Waals surface area contributed by atoms with E-state index in [-0.39, 0.29) is 0 Å². The summed E-state index contributed by atoms with van der Waals surface area (Å²) in [5, 5.41) is 3.84. The lowest BCUT2D eigenvalue weighted by Crippen LogP contribution is -2.15. The molecule has 0 aliphatic carbocycles. The number of hydrogen-bond acceptors (Lipinski definition) is 4. The molecule has 2 aromatic heterocycles. The van der Waals surface area contributed by atoms with Gasteiger partial charge >= 0.3 is 0 Å². The van der Waals surface area contributed by atoms with Crippen molar-refractivity contribution >= 4 is 24.9 Å². The third kappa shape index (κ3) is 0.755. The van der Waals surface area contributed by atoms with Crippen molar-refractivity contribution in [3.63, 3.8) is 0 Å². The van der Waals surface area contributed by atoms with Crippen molar-refractivity contribution in [1.29, 1.82) is 0 Å². The number of nitrogens with two attached hydrogens (primary N) is 1. The number of aromatic nitrogens is 4. The fourth-order valence-electron chi connectivity index (χ4n) is 0.862. The Labute approximate surface area is 63.7 Å². The van der Waals surface area contributed by atoms with Gasteiger partial charge in [-0.1, -0.05) is 0 Å². The van der Waals surface area contributed by atoms with Crippen LogP contribution in [0, 0.1) is 0 Å². The predicted octanol–water partition coefficient (Wildman–Crippen LogP) is -1.50. The number of anilines is 1. The molecule has 2 aromatic rings. The van der Waals surface area contributed by atoms with E-state index in [2.05, 4.69) is 15.1 Å². The van der Waals surface area contributed by atoms with Crippen molar-refractivity contribution < 1.29 is 0 Å². The topological polar surface area (TPSA) is 69.1 Å². The first-order valence-electron chi connectivity index (χ1n) is 2.99. The van der Waals surface area contributed by atoms with Gasteiger partial charge in [0.05, 0.1) is 11.9 Å². The van der Waals surface area contributed by atoms with Crippen LogP contribution in [0.4, 0.5) is 5.82 Å². The first-order chi connectivity index (χ1) is 5.29. The minimum absolute atomic E-state index is 0.314. The van der Waals surface area contributed by atoms with E-state index in [9.17, 15) is 0 Å². The molecule has 0 aliphatic rings. The highest BCUT2D eigenvalue weighted by atomic mass is 15.3. The number of fused-ring (bicyclic) bond motifs is 1. The Hall–Kier alpha value is -1.59. The summed E-state index contributed by atoms with van der Waals surface area (Å²) < 4.78 is 1.43. The fourth-order valence-corrected chi connectivity index (χ4v) is 0.862. The van der Waals surface area contributed by atoms with Gasteiger partial charge in [-0.3, -0.25) is 4.98 Å². The second kappa shape index (κ2) is 1.95. The van der Waals surface area contributed by atoms with Crippen molar-refractivity contribution in [1.82, 2.24) is 19.6 Å². The van der Waals surface area contributed by atoms with Crippen LogP contribution in [-0.4, -0.2) is 27.4 Å². The average Bonchev–Trinajstić information content (AvgIpc) is 2.35. The summed E-state index contributed by atoms with van der Waals surface area (Å²) in [6.45, 7) is 0. The maximum Gasteiger partial charge on any atom is 0.170 e. The zero-order valence-corrected chi connectivity index (χ0v) is 5.60. The van der Waals surface area contributed by atoms with Gasteiger partial charge in [-0.05, 0) is 0 Å². The molecule has 2 radical (unpaired) electrons. The molecule has 0 atom stereocenters. The van der Waals surface area contributed by atoms with Crippen LogP contribution in [0.15, 0.2) is 12.5 Å². The van der Waals surface area contributed by atoms with Crippen LogP contribution in [0.5, 0.6) is 0 Å². The molecule has 0 unspecified atom stereocenters. The molecule has 5 nitrogen and oxygen atoms in total. The molecule has 0 saturated carbocycles. The summed E-state index contributed by atoms with van der Waals surface area (Å²) in [6, 6.07) is 0. The standard InChI is InChI=1S/C5H4BN5/c6-5-8-1-3-4(7)9-2-10-11(3)5/h1-2H,(H2,7,9,10). The lowest BCUT2D eigenvalue weighted by molar-refractivity contribution is 0.922. The molecular formula is C5H4BN5. The number of hydrogen-bond donors (Lipinski definition) is 1. The zero-order chi connectivity index (χ0) is 7.84. The van der Waals surface area contributed by atoms with Crippen LogP contribution in [-0.2, 0) is 0 Å². The highest BCUT2D eigenvalue weighted by Crippen LogP contribution is 2.03. The third-order valence-electron chi connectivity index (χ3n) is 1.39. The quantitative estimate of drug-likeness (QED) is 0.458. The monoisotopic (exact) mass is 145 g/mol. The normalized spacial score (nSPS) is 10.5. The Morgan fingerprint density at radius 1 is 1.45 bits per heavy atom. The van der Waals surface area contributed by atoms with E-state index in [1.165, 1.54) is 17.0 Å². The van der Waals surface area contributed by atoms with Gasteiger partial charge in [-0.2, -0.15) is 5.10 Å². The maximum atomic E-state index is 5.50. The van der Waals surface area contributed by atoms with Gasteiger partial charge < -0.3 is 5.73 Å². The van der Waals surface area contributed by atoms with Gasteiger partial charge in [0, 0.05) is 0 Å². The van der Waals surface area contributed by atoms with Crippen molar-refractivity contribution in [2.75, 3.05) is 5.73 Å². The highest BCUT2D eigenvalue weighted by Gasteiger charge is 2.01. The van der Waals surface area contributed by atoms with Gasteiger partial charge in [0.15, 0.2) is 13.7 Å². The summed E-state index contributed by atoms with van der Waals surface area (Å²) >= 11 is 0. The van der Waals surface area contributed by atoms with Crippen LogP contribution in [0.2, 0.25) is 0 Å². The van der Waals surface area contributed by atoms with E-state index in [0.717, 1.165) is 0 Å². The predicted molar refractivity (Wildman–Crippen MR) is 40.6 cm³/mol. The molecule has 0 fully saturated rings. The second-order valence-corrected chi connectivity index (χ2v) is 2.06. The lowest BCUT2D eigenvalue weighted by atomic mass is 10.1. The average molecular weight is 145 g/mol. The van der Waals surface area contributed by atoms with Crippen molar-refractivity contribution in [3.05, 3.63) is 12.5 Å². The number of rotatable bonds is 0. The molecule has 0 spiro atoms. The lowest BCUT2D eigenvalue weighted by Gasteiger charge is -1.95. The van der Waals surface area contributed by atoms with Crippen molar-refractivity contribution in [3.8, 4) is 0 Å². The van der Waals surface area contributed by atoms with Gasteiger partial charge in [-0.15, -0.1) is 0 Å². The molecule has 52 valence electrons. The highest BCUT2D eigenvalue weighted by molar-refractivity contribution is 6.29. The SMILES string of the molecule is [B]c1ncc2c(N)ncnn12. The van der Waals surface area contributed by atoms with Crippen LogP contribution in [0.1, 0.15) is 0 Å². The summed E-state index contributed by atoms with van der Waals surface area (Å²) in [6.07, 6.45) is 2.87. The Balaban J connectivity index is 2.94. The Kier molecular flexibility index (Phi) is 1.09. The van der Waals surface area contributed by atoms with Crippen LogP contribution in [0.3, 0.4) is 0 Å². The Morgan fingerprint density at radius 2 is 2.27 bits per heavy atom. The van der Waals surface area contributed by atoms with Gasteiger partial charge in [0.25, 0.3) is 0 Å². The summed E-state index contributed by atoms with van der Waals surface area (Å²) in [5.41, 5.74) is 6.45. The third-order valence-corrected chi connectivity index (χ3v) is 1.39. The van der Waals surface area contributed by atoms with Gasteiger partial charge in [-0.25, -0.2) is 9.50 Å². The van der Waals surface area contributed by atoms with Crippen LogP contribution in [0.25, 0.3) is 5.52 Å². The molecule has 0 amide bonds. The molecule has 0 saturated heterocycles. The molecule has 2 N–H and O–H groups in total. The number of imidazole rings is 1. The number of nitrogens with zero attached hydrogens (tertiary/aromatic N) is 4. The molecule has 0 bridgehead atoms. The van der Waals surface area contributed by atoms with Crippen LogP contribution < -0.4 is 11.5 Å². The van der Waals surface area contributed by atoms with Crippen molar-refractivity contribution in [2.45, 2.75) is 0 Å². The molecule has 11 heavy (non-hydrogen) atoms. The molecule has 0 aliphatic heterocycles. The summed E-state index contributed by atoms with van der Waals surface area (Å²) in [5.74, 6) is 0.379.